The first-order valence-electron chi connectivity index (χ1n) is 11.1. The first-order chi connectivity index (χ1) is 15.3. The van der Waals surface area contributed by atoms with Crippen molar-refractivity contribution in [2.45, 2.75) is 37.0 Å². The van der Waals surface area contributed by atoms with Crippen LogP contribution in [-0.2, 0) is 27.7 Å². The molecule has 0 bridgehead atoms. The van der Waals surface area contributed by atoms with E-state index in [1.165, 1.54) is 22.0 Å². The van der Waals surface area contributed by atoms with Crippen molar-refractivity contribution in [2.24, 2.45) is 5.92 Å². The molecule has 1 heterocycles. The van der Waals surface area contributed by atoms with Crippen LogP contribution in [0, 0.1) is 11.7 Å². The molecule has 0 aromatic heterocycles. The summed E-state index contributed by atoms with van der Waals surface area (Å²) in [5.41, 5.74) is 2.39. The van der Waals surface area contributed by atoms with E-state index in [9.17, 15) is 17.6 Å². The fourth-order valence-electron chi connectivity index (χ4n) is 4.45. The molecule has 0 spiro atoms. The molecule has 2 aliphatic rings. The number of hydrogen-bond donors (Lipinski definition) is 0. The van der Waals surface area contributed by atoms with E-state index in [1.807, 2.05) is 12.1 Å². The molecule has 1 aliphatic carbocycles. The van der Waals surface area contributed by atoms with E-state index < -0.39 is 10.0 Å². The van der Waals surface area contributed by atoms with Crippen LogP contribution in [0.2, 0.25) is 0 Å². The second kappa shape index (κ2) is 9.58. The number of carbonyl (C=O) groups is 1. The van der Waals surface area contributed by atoms with Crippen molar-refractivity contribution in [3.8, 4) is 5.75 Å². The van der Waals surface area contributed by atoms with Crippen molar-refractivity contribution in [2.75, 3.05) is 33.3 Å². The molecule has 0 saturated carbocycles. The SMILES string of the molecule is CN(CCOc1ccc(F)cc1)C(=O)C1CCN(S(=O)(=O)c2ccc3c(c2)CCC3)CC1. The summed E-state index contributed by atoms with van der Waals surface area (Å²) in [7, 11) is -1.81. The van der Waals surface area contributed by atoms with Crippen LogP contribution in [-0.4, -0.2) is 56.8 Å². The van der Waals surface area contributed by atoms with E-state index in [4.69, 9.17) is 4.74 Å². The van der Waals surface area contributed by atoms with Crippen molar-refractivity contribution in [1.82, 2.24) is 9.21 Å². The van der Waals surface area contributed by atoms with Gasteiger partial charge >= 0.3 is 0 Å². The molecule has 6 nitrogen and oxygen atoms in total. The number of sulfonamides is 1. The highest BCUT2D eigenvalue weighted by atomic mass is 32.2. The number of ether oxygens (including phenoxy) is 1. The molecule has 1 amide bonds. The Morgan fingerprint density at radius 1 is 1.09 bits per heavy atom. The van der Waals surface area contributed by atoms with E-state index in [0.717, 1.165) is 24.8 Å². The summed E-state index contributed by atoms with van der Waals surface area (Å²) < 4.78 is 46.2. The lowest BCUT2D eigenvalue weighted by molar-refractivity contribution is -0.135. The summed E-state index contributed by atoms with van der Waals surface area (Å²) in [6.07, 6.45) is 4.05. The lowest BCUT2D eigenvalue weighted by Gasteiger charge is -2.32. The number of piperidine rings is 1. The normalized spacial score (nSPS) is 17.2. The summed E-state index contributed by atoms with van der Waals surface area (Å²) in [6.45, 7) is 1.40. The predicted octanol–water partition coefficient (Wildman–Crippen LogP) is 3.25. The smallest absolute Gasteiger partial charge is 0.243 e. The highest BCUT2D eigenvalue weighted by Gasteiger charge is 2.33. The van der Waals surface area contributed by atoms with E-state index in [2.05, 4.69) is 0 Å². The molecule has 0 unspecified atom stereocenters. The fraction of sp³-hybridized carbons (Fsp3) is 0.458. The van der Waals surface area contributed by atoms with Crippen LogP contribution in [0.15, 0.2) is 47.4 Å². The van der Waals surface area contributed by atoms with Crippen molar-refractivity contribution >= 4 is 15.9 Å². The number of amides is 1. The van der Waals surface area contributed by atoms with Crippen molar-refractivity contribution in [3.63, 3.8) is 0 Å². The zero-order valence-corrected chi connectivity index (χ0v) is 19.1. The summed E-state index contributed by atoms with van der Waals surface area (Å²) >= 11 is 0. The van der Waals surface area contributed by atoms with Crippen LogP contribution in [0.5, 0.6) is 5.75 Å². The van der Waals surface area contributed by atoms with Gasteiger partial charge in [0.1, 0.15) is 18.2 Å². The highest BCUT2D eigenvalue weighted by molar-refractivity contribution is 7.89. The van der Waals surface area contributed by atoms with Crippen molar-refractivity contribution in [1.29, 1.82) is 0 Å². The van der Waals surface area contributed by atoms with Crippen LogP contribution in [0.25, 0.3) is 0 Å². The largest absolute Gasteiger partial charge is 0.492 e. The maximum atomic E-state index is 13.1. The molecule has 0 atom stereocenters. The molecule has 172 valence electrons. The first kappa shape index (κ1) is 22.7. The molecule has 1 aliphatic heterocycles. The second-order valence-corrected chi connectivity index (χ2v) is 10.5. The molecule has 1 fully saturated rings. The van der Waals surface area contributed by atoms with Gasteiger partial charge in [0, 0.05) is 26.1 Å². The molecule has 32 heavy (non-hydrogen) atoms. The topological polar surface area (TPSA) is 66.9 Å². The van der Waals surface area contributed by atoms with Crippen molar-refractivity contribution < 1.29 is 22.3 Å². The fourth-order valence-corrected chi connectivity index (χ4v) is 5.97. The zero-order chi connectivity index (χ0) is 22.7. The Morgan fingerprint density at radius 2 is 1.78 bits per heavy atom. The third kappa shape index (κ3) is 4.96. The molecule has 4 rings (SSSR count). The minimum atomic E-state index is -3.54. The van der Waals surface area contributed by atoms with Crippen LogP contribution in [0.4, 0.5) is 4.39 Å². The monoisotopic (exact) mass is 460 g/mol. The summed E-state index contributed by atoms with van der Waals surface area (Å²) in [5.74, 6) is 0.0334. The standard InChI is InChI=1S/C24H29FN2O4S/c1-26(15-16-31-22-8-6-21(25)7-9-22)24(28)19-11-13-27(14-12-19)32(29,30)23-10-5-18-3-2-4-20(18)17-23/h5-10,17,19H,2-4,11-16H2,1H3. The molecular formula is C24H29FN2O4S. The van der Waals surface area contributed by atoms with E-state index >= 15 is 0 Å². The van der Waals surface area contributed by atoms with Crippen LogP contribution in [0.3, 0.4) is 0 Å². The number of halogens is 1. The van der Waals surface area contributed by atoms with Crippen LogP contribution >= 0.6 is 0 Å². The predicted molar refractivity (Wildman–Crippen MR) is 119 cm³/mol. The zero-order valence-electron chi connectivity index (χ0n) is 18.3. The maximum absolute atomic E-state index is 13.1. The molecule has 0 N–H and O–H groups in total. The lowest BCUT2D eigenvalue weighted by Crippen LogP contribution is -2.44. The number of hydrogen-bond acceptors (Lipinski definition) is 4. The van der Waals surface area contributed by atoms with Gasteiger partial charge in [0.25, 0.3) is 0 Å². The van der Waals surface area contributed by atoms with Gasteiger partial charge in [-0.25, -0.2) is 12.8 Å². The quantitative estimate of drug-likeness (QED) is 0.636. The third-order valence-electron chi connectivity index (χ3n) is 6.40. The average Bonchev–Trinajstić information content (AvgIpc) is 3.28. The Labute approximate surface area is 189 Å². The van der Waals surface area contributed by atoms with Crippen molar-refractivity contribution in [3.05, 3.63) is 59.4 Å². The van der Waals surface area contributed by atoms with Gasteiger partial charge in [-0.2, -0.15) is 4.31 Å². The second-order valence-electron chi connectivity index (χ2n) is 8.52. The summed E-state index contributed by atoms with van der Waals surface area (Å²) in [6, 6.07) is 11.2. The third-order valence-corrected chi connectivity index (χ3v) is 8.29. The first-order valence-corrected chi connectivity index (χ1v) is 12.5. The Morgan fingerprint density at radius 3 is 2.50 bits per heavy atom. The number of aryl methyl sites for hydroxylation is 2. The number of fused-ring (bicyclic) bond motifs is 1. The summed E-state index contributed by atoms with van der Waals surface area (Å²) in [4.78, 5) is 14.8. The minimum Gasteiger partial charge on any atom is -0.492 e. The number of likely N-dealkylation sites (N-methyl/N-ethyl adjacent to an activating group) is 1. The molecule has 0 radical (unpaired) electrons. The average molecular weight is 461 g/mol. The number of benzene rings is 2. The Bertz CT molecular complexity index is 1060. The van der Waals surface area contributed by atoms with Gasteiger partial charge in [0.2, 0.25) is 15.9 Å². The Hall–Kier alpha value is -2.45. The van der Waals surface area contributed by atoms with Crippen LogP contribution in [0.1, 0.15) is 30.4 Å². The van der Waals surface area contributed by atoms with Gasteiger partial charge < -0.3 is 9.64 Å². The van der Waals surface area contributed by atoms with Gasteiger partial charge in [-0.1, -0.05) is 6.07 Å². The van der Waals surface area contributed by atoms with Crippen LogP contribution < -0.4 is 4.74 Å². The summed E-state index contributed by atoms with van der Waals surface area (Å²) in [5, 5.41) is 0. The van der Waals surface area contributed by atoms with E-state index in [-0.39, 0.29) is 17.6 Å². The van der Waals surface area contributed by atoms with E-state index in [1.54, 1.807) is 30.1 Å². The van der Waals surface area contributed by atoms with Gasteiger partial charge in [0.15, 0.2) is 0 Å². The molecule has 1 saturated heterocycles. The lowest BCUT2D eigenvalue weighted by atomic mass is 9.97. The minimum absolute atomic E-state index is 0.00212. The molecule has 8 heteroatoms. The number of rotatable bonds is 7. The van der Waals surface area contributed by atoms with Gasteiger partial charge in [-0.15, -0.1) is 0 Å². The Balaban J connectivity index is 1.27. The number of carbonyl (C=O) groups excluding carboxylic acids is 1. The molecule has 2 aromatic carbocycles. The molecular weight excluding hydrogens is 431 g/mol. The van der Waals surface area contributed by atoms with E-state index in [0.29, 0.717) is 49.7 Å². The maximum Gasteiger partial charge on any atom is 0.243 e. The molecule has 2 aromatic rings. The Kier molecular flexibility index (Phi) is 6.81. The van der Waals surface area contributed by atoms with Gasteiger partial charge in [-0.3, -0.25) is 4.79 Å². The van der Waals surface area contributed by atoms with Gasteiger partial charge in [0.05, 0.1) is 11.4 Å². The van der Waals surface area contributed by atoms with Gasteiger partial charge in [-0.05, 0) is 79.6 Å². The number of nitrogens with zero attached hydrogens (tertiary/aromatic N) is 2. The highest BCUT2D eigenvalue weighted by Crippen LogP contribution is 2.29.